The lowest BCUT2D eigenvalue weighted by atomic mass is 10.00. The molecule has 1 heterocycles. The van der Waals surface area contributed by atoms with Crippen molar-refractivity contribution in [3.63, 3.8) is 0 Å². The van der Waals surface area contributed by atoms with Gasteiger partial charge in [-0.05, 0) is 82.8 Å². The van der Waals surface area contributed by atoms with E-state index in [0.717, 1.165) is 32.9 Å². The van der Waals surface area contributed by atoms with E-state index < -0.39 is 0 Å². The minimum Gasteiger partial charge on any atom is -0.497 e. The molecule has 4 rings (SSSR count). The molecule has 0 aliphatic rings. The molecule has 4 aromatic rings. The van der Waals surface area contributed by atoms with Crippen LogP contribution >= 0.6 is 11.3 Å². The zero-order valence-electron chi connectivity index (χ0n) is 18.7. The maximum Gasteiger partial charge on any atom is 0.189 e. The summed E-state index contributed by atoms with van der Waals surface area (Å²) in [6, 6.07) is 23.4. The van der Waals surface area contributed by atoms with Crippen LogP contribution in [-0.2, 0) is 0 Å². The first kappa shape index (κ1) is 22.4. The van der Waals surface area contributed by atoms with E-state index in [2.05, 4.69) is 6.07 Å². The molecule has 0 N–H and O–H groups in total. The van der Waals surface area contributed by atoms with Crippen molar-refractivity contribution in [2.75, 3.05) is 21.3 Å². The Morgan fingerprint density at radius 1 is 0.758 bits per heavy atom. The van der Waals surface area contributed by atoms with Crippen LogP contribution in [0.2, 0.25) is 0 Å². The highest BCUT2D eigenvalue weighted by Gasteiger charge is 2.13. The summed E-state index contributed by atoms with van der Waals surface area (Å²) in [7, 11) is 4.83. The molecule has 0 aliphatic carbocycles. The van der Waals surface area contributed by atoms with E-state index in [-0.39, 0.29) is 5.78 Å². The first-order chi connectivity index (χ1) is 16.1. The molecule has 0 saturated carbocycles. The summed E-state index contributed by atoms with van der Waals surface area (Å²) in [5.74, 6) is 1.85. The highest BCUT2D eigenvalue weighted by atomic mass is 32.1. The van der Waals surface area contributed by atoms with Gasteiger partial charge in [-0.25, -0.2) is 0 Å². The van der Waals surface area contributed by atoms with Gasteiger partial charge in [0.1, 0.15) is 17.2 Å². The molecule has 0 fully saturated rings. The van der Waals surface area contributed by atoms with Crippen LogP contribution in [0.1, 0.15) is 15.9 Å². The molecule has 0 amide bonds. The molecule has 0 radical (unpaired) electrons. The van der Waals surface area contributed by atoms with E-state index in [1.807, 2.05) is 66.0 Å². The molecule has 3 aromatic carbocycles. The Morgan fingerprint density at radius 3 is 2.27 bits per heavy atom. The van der Waals surface area contributed by atoms with Gasteiger partial charge >= 0.3 is 0 Å². The van der Waals surface area contributed by atoms with Crippen LogP contribution in [0.3, 0.4) is 0 Å². The van der Waals surface area contributed by atoms with E-state index in [1.54, 1.807) is 50.9 Å². The number of thiophene rings is 1. The Bertz CT molecular complexity index is 1290. The normalized spacial score (nSPS) is 10.9. The zero-order chi connectivity index (χ0) is 23.2. The number of methoxy groups -OCH3 is 3. The molecular formula is C28H24O4S. The van der Waals surface area contributed by atoms with Crippen molar-refractivity contribution in [3.05, 3.63) is 95.4 Å². The highest BCUT2D eigenvalue weighted by molar-refractivity contribution is 7.13. The number of allylic oxidation sites excluding steroid dienone is 1. The molecule has 0 aliphatic heterocycles. The van der Waals surface area contributed by atoms with Gasteiger partial charge in [0.05, 0.1) is 26.9 Å². The number of benzene rings is 3. The highest BCUT2D eigenvalue weighted by Crippen LogP contribution is 2.32. The average molecular weight is 457 g/mol. The van der Waals surface area contributed by atoms with Crippen molar-refractivity contribution < 1.29 is 19.0 Å². The maximum absolute atomic E-state index is 13.0. The number of ketones is 1. The average Bonchev–Trinajstić information content (AvgIpc) is 3.42. The second-order valence-electron chi connectivity index (χ2n) is 7.28. The van der Waals surface area contributed by atoms with Crippen LogP contribution in [0.4, 0.5) is 0 Å². The molecule has 166 valence electrons. The van der Waals surface area contributed by atoms with Gasteiger partial charge in [0.25, 0.3) is 0 Å². The van der Waals surface area contributed by atoms with E-state index in [4.69, 9.17) is 14.2 Å². The Labute approximate surface area is 197 Å². The van der Waals surface area contributed by atoms with Crippen molar-refractivity contribution in [1.29, 1.82) is 0 Å². The van der Waals surface area contributed by atoms with Gasteiger partial charge in [0.15, 0.2) is 5.78 Å². The summed E-state index contributed by atoms with van der Waals surface area (Å²) in [6.07, 6.45) is 3.34. The second kappa shape index (κ2) is 10.2. The summed E-state index contributed by atoms with van der Waals surface area (Å²) >= 11 is 1.67. The van der Waals surface area contributed by atoms with Crippen LogP contribution in [0.15, 0.2) is 84.3 Å². The SMILES string of the molecule is COc1cccc(-c2ccc(C(=O)C=Cc3cc(-c4cccs4)ccc3OC)c(OC)c2)c1. The molecular weight excluding hydrogens is 432 g/mol. The van der Waals surface area contributed by atoms with Crippen LogP contribution < -0.4 is 14.2 Å². The summed E-state index contributed by atoms with van der Waals surface area (Å²) in [4.78, 5) is 14.2. The van der Waals surface area contributed by atoms with Crippen LogP contribution in [0.25, 0.3) is 27.6 Å². The third-order valence-electron chi connectivity index (χ3n) is 5.32. The second-order valence-corrected chi connectivity index (χ2v) is 8.23. The number of hydrogen-bond donors (Lipinski definition) is 0. The van der Waals surface area contributed by atoms with Crippen molar-refractivity contribution in [3.8, 4) is 38.8 Å². The summed E-state index contributed by atoms with van der Waals surface area (Å²) in [5.41, 5.74) is 4.34. The van der Waals surface area contributed by atoms with Crippen molar-refractivity contribution in [2.45, 2.75) is 0 Å². The number of ether oxygens (including phenoxy) is 3. The third-order valence-corrected chi connectivity index (χ3v) is 6.24. The van der Waals surface area contributed by atoms with Crippen molar-refractivity contribution in [2.24, 2.45) is 0 Å². The fourth-order valence-corrected chi connectivity index (χ4v) is 4.32. The Morgan fingerprint density at radius 2 is 1.55 bits per heavy atom. The summed E-state index contributed by atoms with van der Waals surface area (Å²) in [6.45, 7) is 0. The predicted molar refractivity (Wildman–Crippen MR) is 135 cm³/mol. The van der Waals surface area contributed by atoms with Gasteiger partial charge in [-0.1, -0.05) is 24.3 Å². The predicted octanol–water partition coefficient (Wildman–Crippen LogP) is 7.00. The van der Waals surface area contributed by atoms with E-state index in [1.165, 1.54) is 0 Å². The fraction of sp³-hybridized carbons (Fsp3) is 0.107. The van der Waals surface area contributed by atoms with Crippen molar-refractivity contribution >= 4 is 23.2 Å². The van der Waals surface area contributed by atoms with Gasteiger partial charge < -0.3 is 14.2 Å². The summed E-state index contributed by atoms with van der Waals surface area (Å²) in [5, 5.41) is 2.04. The van der Waals surface area contributed by atoms with E-state index in [0.29, 0.717) is 17.1 Å². The third kappa shape index (κ3) is 4.99. The van der Waals surface area contributed by atoms with Crippen LogP contribution in [-0.4, -0.2) is 27.1 Å². The molecule has 4 nitrogen and oxygen atoms in total. The first-order valence-electron chi connectivity index (χ1n) is 10.4. The van der Waals surface area contributed by atoms with Crippen LogP contribution in [0.5, 0.6) is 17.2 Å². The Hall–Kier alpha value is -3.83. The Kier molecular flexibility index (Phi) is 6.91. The van der Waals surface area contributed by atoms with Crippen LogP contribution in [0, 0.1) is 0 Å². The van der Waals surface area contributed by atoms with Gasteiger partial charge in [0, 0.05) is 10.4 Å². The number of hydrogen-bond acceptors (Lipinski definition) is 5. The largest absolute Gasteiger partial charge is 0.497 e. The smallest absolute Gasteiger partial charge is 0.189 e. The quantitative estimate of drug-likeness (QED) is 0.211. The minimum atomic E-state index is -0.146. The summed E-state index contributed by atoms with van der Waals surface area (Å²) < 4.78 is 16.3. The lowest BCUT2D eigenvalue weighted by molar-refractivity contribution is 0.104. The lowest BCUT2D eigenvalue weighted by Gasteiger charge is -2.10. The monoisotopic (exact) mass is 456 g/mol. The lowest BCUT2D eigenvalue weighted by Crippen LogP contribution is -1.99. The van der Waals surface area contributed by atoms with Gasteiger partial charge in [-0.3, -0.25) is 4.79 Å². The molecule has 33 heavy (non-hydrogen) atoms. The zero-order valence-corrected chi connectivity index (χ0v) is 19.5. The van der Waals surface area contributed by atoms with E-state index in [9.17, 15) is 4.79 Å². The molecule has 0 unspecified atom stereocenters. The first-order valence-corrected chi connectivity index (χ1v) is 11.3. The van der Waals surface area contributed by atoms with Crippen molar-refractivity contribution in [1.82, 2.24) is 0 Å². The molecule has 0 bridgehead atoms. The number of rotatable bonds is 8. The topological polar surface area (TPSA) is 44.8 Å². The van der Waals surface area contributed by atoms with Gasteiger partial charge in [-0.15, -0.1) is 11.3 Å². The minimum absolute atomic E-state index is 0.146. The molecule has 0 spiro atoms. The number of carbonyl (C=O) groups excluding carboxylic acids is 1. The molecule has 5 heteroatoms. The van der Waals surface area contributed by atoms with E-state index >= 15 is 0 Å². The Balaban J connectivity index is 1.62. The molecule has 1 aromatic heterocycles. The number of carbonyl (C=O) groups is 1. The van der Waals surface area contributed by atoms with Gasteiger partial charge in [-0.2, -0.15) is 0 Å². The molecule has 0 saturated heterocycles. The maximum atomic E-state index is 13.0. The van der Waals surface area contributed by atoms with Gasteiger partial charge in [0.2, 0.25) is 0 Å². The fourth-order valence-electron chi connectivity index (χ4n) is 3.59. The standard InChI is InChI=1S/C28H24O4S/c1-30-23-7-4-6-19(17-23)20-9-12-24(27(18-20)32-3)25(29)13-10-21-16-22(11-14-26(21)31-2)28-8-5-15-33-28/h4-18H,1-3H3. The molecule has 0 atom stereocenters.